The van der Waals surface area contributed by atoms with Crippen LogP contribution in [0.4, 0.5) is 15.8 Å². The number of nitrogens with one attached hydrogen (secondary N) is 2. The first-order chi connectivity index (χ1) is 13.6. The molecular weight excluding hydrogens is 424 g/mol. The Kier molecular flexibility index (Phi) is 5.59. The van der Waals surface area contributed by atoms with E-state index in [9.17, 15) is 23.6 Å². The van der Waals surface area contributed by atoms with Crippen molar-refractivity contribution >= 4 is 58.2 Å². The number of nitrogens with zero attached hydrogens (tertiary/aromatic N) is 1. The van der Waals surface area contributed by atoms with E-state index in [0.29, 0.717) is 0 Å². The maximum Gasteiger partial charge on any atom is 0.262 e. The lowest BCUT2D eigenvalue weighted by Gasteiger charge is -2.21. The summed E-state index contributed by atoms with van der Waals surface area (Å²) < 4.78 is 13.7. The van der Waals surface area contributed by atoms with Gasteiger partial charge in [0.25, 0.3) is 11.8 Å². The van der Waals surface area contributed by atoms with Gasteiger partial charge in [-0.1, -0.05) is 23.2 Å². The van der Waals surface area contributed by atoms with Crippen molar-refractivity contribution in [2.45, 2.75) is 19.9 Å². The van der Waals surface area contributed by atoms with E-state index in [1.165, 1.54) is 38.1 Å². The molecule has 0 aliphatic carbocycles. The van der Waals surface area contributed by atoms with Gasteiger partial charge in [0, 0.05) is 12.6 Å². The van der Waals surface area contributed by atoms with Crippen LogP contribution in [-0.4, -0.2) is 34.6 Å². The normalized spacial score (nSPS) is 13.9. The molecule has 0 aromatic heterocycles. The Bertz CT molecular complexity index is 1030. The van der Waals surface area contributed by atoms with Gasteiger partial charge in [0.15, 0.2) is 0 Å². The van der Waals surface area contributed by atoms with Crippen LogP contribution in [0.25, 0.3) is 0 Å². The number of carbonyl (C=O) groups is 4. The van der Waals surface area contributed by atoms with Gasteiger partial charge in [0.2, 0.25) is 11.8 Å². The summed E-state index contributed by atoms with van der Waals surface area (Å²) in [6.45, 7) is 2.59. The lowest BCUT2D eigenvalue weighted by molar-refractivity contribution is -0.119. The molecule has 0 saturated heterocycles. The summed E-state index contributed by atoms with van der Waals surface area (Å²) in [5, 5.41) is 5.02. The summed E-state index contributed by atoms with van der Waals surface area (Å²) in [5.74, 6) is -3.20. The van der Waals surface area contributed by atoms with E-state index < -0.39 is 35.5 Å². The molecule has 4 amide bonds. The average molecular weight is 438 g/mol. The van der Waals surface area contributed by atoms with E-state index in [4.69, 9.17) is 23.2 Å². The Balaban J connectivity index is 1.82. The second-order valence-corrected chi connectivity index (χ2v) is 7.15. The van der Waals surface area contributed by atoms with Crippen LogP contribution in [0.2, 0.25) is 10.0 Å². The van der Waals surface area contributed by atoms with Gasteiger partial charge in [-0.05, 0) is 37.3 Å². The molecule has 29 heavy (non-hydrogen) atoms. The summed E-state index contributed by atoms with van der Waals surface area (Å²) in [7, 11) is 0. The summed E-state index contributed by atoms with van der Waals surface area (Å²) in [5.41, 5.74) is 0.167. The Hall–Kier alpha value is -2.97. The molecule has 0 bridgehead atoms. The third-order valence-corrected chi connectivity index (χ3v) is 4.99. The lowest BCUT2D eigenvalue weighted by atomic mass is 10.1. The SMILES string of the molecule is CC(=O)Nc1cc(NC(=O)C(C)N2C(=O)c3cc(Cl)c(Cl)cc3C2=O)ccc1F. The molecule has 2 aromatic carbocycles. The van der Waals surface area contributed by atoms with Crippen molar-refractivity contribution in [3.05, 3.63) is 57.3 Å². The van der Waals surface area contributed by atoms with Crippen LogP contribution in [0.1, 0.15) is 34.6 Å². The molecule has 2 N–H and O–H groups in total. The number of anilines is 2. The minimum atomic E-state index is -1.17. The molecule has 1 aliphatic heterocycles. The number of rotatable bonds is 4. The van der Waals surface area contributed by atoms with Crippen molar-refractivity contribution in [2.24, 2.45) is 0 Å². The van der Waals surface area contributed by atoms with Crippen LogP contribution in [0.3, 0.4) is 0 Å². The van der Waals surface area contributed by atoms with E-state index in [1.54, 1.807) is 0 Å². The second kappa shape index (κ2) is 7.81. The molecule has 1 unspecified atom stereocenters. The van der Waals surface area contributed by atoms with Gasteiger partial charge in [-0.25, -0.2) is 4.39 Å². The molecule has 2 aromatic rings. The number of imide groups is 1. The van der Waals surface area contributed by atoms with Crippen LogP contribution in [0.5, 0.6) is 0 Å². The van der Waals surface area contributed by atoms with Crippen LogP contribution in [-0.2, 0) is 9.59 Å². The van der Waals surface area contributed by atoms with Gasteiger partial charge in [0.05, 0.1) is 26.9 Å². The molecule has 0 fully saturated rings. The number of fused-ring (bicyclic) bond motifs is 1. The van der Waals surface area contributed by atoms with Crippen molar-refractivity contribution in [2.75, 3.05) is 10.6 Å². The molecule has 3 rings (SSSR count). The zero-order valence-corrected chi connectivity index (χ0v) is 16.7. The predicted octanol–water partition coefficient (Wildman–Crippen LogP) is 3.71. The van der Waals surface area contributed by atoms with Gasteiger partial charge in [-0.3, -0.25) is 24.1 Å². The van der Waals surface area contributed by atoms with E-state index in [-0.39, 0.29) is 32.5 Å². The molecule has 0 radical (unpaired) electrons. The average Bonchev–Trinajstić information content (AvgIpc) is 2.87. The van der Waals surface area contributed by atoms with Crippen LogP contribution in [0, 0.1) is 5.82 Å². The molecule has 1 atom stereocenters. The highest BCUT2D eigenvalue weighted by Gasteiger charge is 2.41. The van der Waals surface area contributed by atoms with Gasteiger partial charge in [0.1, 0.15) is 11.9 Å². The minimum Gasteiger partial charge on any atom is -0.324 e. The second-order valence-electron chi connectivity index (χ2n) is 6.33. The fourth-order valence-corrected chi connectivity index (χ4v) is 3.18. The highest BCUT2D eigenvalue weighted by molar-refractivity contribution is 6.43. The zero-order valence-electron chi connectivity index (χ0n) is 15.2. The van der Waals surface area contributed by atoms with Gasteiger partial charge in [-0.2, -0.15) is 0 Å². The standard InChI is InChI=1S/C19H14Cl2FN3O4/c1-8(17(27)24-10-3-4-15(22)16(5-10)23-9(2)26)25-18(28)11-6-13(20)14(21)7-12(11)19(25)29/h3-8H,1-2H3,(H,23,26)(H,24,27). The maximum atomic E-state index is 13.7. The number of benzene rings is 2. The van der Waals surface area contributed by atoms with Crippen LogP contribution >= 0.6 is 23.2 Å². The maximum absolute atomic E-state index is 13.7. The molecule has 1 heterocycles. The van der Waals surface area contributed by atoms with Gasteiger partial charge >= 0.3 is 0 Å². The molecular formula is C19H14Cl2FN3O4. The van der Waals surface area contributed by atoms with E-state index in [2.05, 4.69) is 10.6 Å². The molecule has 0 saturated carbocycles. The minimum absolute atomic E-state index is 0.0544. The molecule has 10 heteroatoms. The predicted molar refractivity (Wildman–Crippen MR) is 106 cm³/mol. The Morgan fingerprint density at radius 2 is 1.55 bits per heavy atom. The third-order valence-electron chi connectivity index (χ3n) is 4.27. The number of hydrogen-bond donors (Lipinski definition) is 2. The van der Waals surface area contributed by atoms with Gasteiger partial charge in [-0.15, -0.1) is 0 Å². The summed E-state index contributed by atoms with van der Waals surface area (Å²) >= 11 is 11.8. The Morgan fingerprint density at radius 1 is 1.00 bits per heavy atom. The lowest BCUT2D eigenvalue weighted by Crippen LogP contribution is -2.45. The van der Waals surface area contributed by atoms with E-state index in [1.807, 2.05) is 0 Å². The van der Waals surface area contributed by atoms with Crippen LogP contribution < -0.4 is 10.6 Å². The summed E-state index contributed by atoms with van der Waals surface area (Å²) in [6.07, 6.45) is 0. The van der Waals surface area contributed by atoms with E-state index in [0.717, 1.165) is 11.0 Å². The third kappa shape index (κ3) is 3.94. The van der Waals surface area contributed by atoms with Crippen molar-refractivity contribution in [1.29, 1.82) is 0 Å². The van der Waals surface area contributed by atoms with Crippen molar-refractivity contribution in [1.82, 2.24) is 4.90 Å². The number of amides is 4. The molecule has 7 nitrogen and oxygen atoms in total. The zero-order chi connectivity index (χ0) is 21.5. The highest BCUT2D eigenvalue weighted by Crippen LogP contribution is 2.32. The molecule has 1 aliphatic rings. The Labute approximate surface area is 174 Å². The van der Waals surface area contributed by atoms with Crippen LogP contribution in [0.15, 0.2) is 30.3 Å². The first kappa shape index (κ1) is 20.8. The Morgan fingerprint density at radius 3 is 2.07 bits per heavy atom. The topological polar surface area (TPSA) is 95.6 Å². The van der Waals surface area contributed by atoms with E-state index >= 15 is 0 Å². The van der Waals surface area contributed by atoms with Crippen molar-refractivity contribution in [3.63, 3.8) is 0 Å². The molecule has 0 spiro atoms. The molecule has 150 valence electrons. The highest BCUT2D eigenvalue weighted by atomic mass is 35.5. The first-order valence-corrected chi connectivity index (χ1v) is 9.10. The monoisotopic (exact) mass is 437 g/mol. The summed E-state index contributed by atoms with van der Waals surface area (Å²) in [4.78, 5) is 49.8. The fourth-order valence-electron chi connectivity index (χ4n) is 2.86. The number of halogens is 3. The summed E-state index contributed by atoms with van der Waals surface area (Å²) in [6, 6.07) is 4.97. The van der Waals surface area contributed by atoms with Gasteiger partial charge < -0.3 is 10.6 Å². The van der Waals surface area contributed by atoms with Crippen molar-refractivity contribution in [3.8, 4) is 0 Å². The smallest absolute Gasteiger partial charge is 0.262 e. The number of carbonyl (C=O) groups excluding carboxylic acids is 4. The first-order valence-electron chi connectivity index (χ1n) is 8.35. The largest absolute Gasteiger partial charge is 0.324 e. The quantitative estimate of drug-likeness (QED) is 0.712. The fraction of sp³-hybridized carbons (Fsp3) is 0.158. The number of hydrogen-bond acceptors (Lipinski definition) is 4. The van der Waals surface area contributed by atoms with Crippen molar-refractivity contribution < 1.29 is 23.6 Å².